The Hall–Kier alpha value is -2.84. The lowest BCUT2D eigenvalue weighted by Gasteiger charge is -2.37. The second-order valence-electron chi connectivity index (χ2n) is 13.2. The molecular formula is C27H40F3N5O4. The topological polar surface area (TPSA) is 131 Å². The van der Waals surface area contributed by atoms with Crippen molar-refractivity contribution in [1.29, 1.82) is 5.26 Å². The lowest BCUT2D eigenvalue weighted by atomic mass is 9.72. The van der Waals surface area contributed by atoms with Crippen molar-refractivity contribution in [3.05, 3.63) is 0 Å². The van der Waals surface area contributed by atoms with Gasteiger partial charge in [-0.3, -0.25) is 19.2 Å². The van der Waals surface area contributed by atoms with E-state index in [1.807, 2.05) is 25.2 Å². The van der Waals surface area contributed by atoms with Crippen LogP contribution in [-0.2, 0) is 19.2 Å². The van der Waals surface area contributed by atoms with Gasteiger partial charge >= 0.3 is 12.1 Å². The Morgan fingerprint density at radius 1 is 1.10 bits per heavy atom. The molecule has 3 unspecified atom stereocenters. The van der Waals surface area contributed by atoms with E-state index >= 15 is 0 Å². The van der Waals surface area contributed by atoms with E-state index < -0.39 is 58.9 Å². The minimum atomic E-state index is -5.17. The van der Waals surface area contributed by atoms with Crippen LogP contribution in [0.3, 0.4) is 0 Å². The molecule has 0 aromatic heterocycles. The summed E-state index contributed by atoms with van der Waals surface area (Å²) in [6.45, 7) is 8.59. The summed E-state index contributed by atoms with van der Waals surface area (Å²) in [5.41, 5.74) is -1.85. The summed E-state index contributed by atoms with van der Waals surface area (Å²) in [7, 11) is 0. The number of rotatable bonds is 6. The van der Waals surface area contributed by atoms with Gasteiger partial charge in [-0.2, -0.15) is 18.4 Å². The van der Waals surface area contributed by atoms with E-state index in [4.69, 9.17) is 0 Å². The number of nitrogens with one attached hydrogen (secondary N) is 3. The summed E-state index contributed by atoms with van der Waals surface area (Å²) in [5.74, 6) is -4.20. The average Bonchev–Trinajstić information content (AvgIpc) is 3.30. The van der Waals surface area contributed by atoms with Crippen molar-refractivity contribution in [2.75, 3.05) is 6.54 Å². The molecule has 218 valence electrons. The maximum atomic E-state index is 13.8. The maximum absolute atomic E-state index is 13.8. The molecule has 2 saturated heterocycles. The quantitative estimate of drug-likeness (QED) is 0.464. The van der Waals surface area contributed by atoms with E-state index in [0.717, 1.165) is 32.1 Å². The molecule has 0 aromatic rings. The van der Waals surface area contributed by atoms with Gasteiger partial charge in [0, 0.05) is 18.0 Å². The first kappa shape index (κ1) is 30.7. The average molecular weight is 556 g/mol. The SMILES string of the molecule is CC1(C)C[C@@H](CC(C#N)NC(=O)C2CC3(CCCCC3)CN2C(=O)C(NC(=O)C(F)(F)F)C(C)(C)C)C(=O)N1. The second kappa shape index (κ2) is 11.0. The van der Waals surface area contributed by atoms with E-state index in [-0.39, 0.29) is 24.3 Å². The molecule has 3 aliphatic rings. The number of amides is 4. The van der Waals surface area contributed by atoms with Crippen molar-refractivity contribution in [2.24, 2.45) is 16.7 Å². The summed E-state index contributed by atoms with van der Waals surface area (Å²) in [4.78, 5) is 52.8. The number of hydrogen-bond donors (Lipinski definition) is 3. The van der Waals surface area contributed by atoms with Gasteiger partial charge in [-0.25, -0.2) is 0 Å². The van der Waals surface area contributed by atoms with Gasteiger partial charge in [0.1, 0.15) is 18.1 Å². The molecule has 1 aliphatic carbocycles. The molecule has 0 radical (unpaired) electrons. The number of hydrogen-bond acceptors (Lipinski definition) is 5. The summed E-state index contributed by atoms with van der Waals surface area (Å²) in [6.07, 6.45) is 0.160. The van der Waals surface area contributed by atoms with Crippen LogP contribution in [0.2, 0.25) is 0 Å². The second-order valence-corrected chi connectivity index (χ2v) is 13.2. The summed E-state index contributed by atoms with van der Waals surface area (Å²) in [5, 5.41) is 17.2. The Morgan fingerprint density at radius 2 is 1.72 bits per heavy atom. The van der Waals surface area contributed by atoms with E-state index in [1.165, 1.54) is 4.90 Å². The van der Waals surface area contributed by atoms with Gasteiger partial charge in [0.25, 0.3) is 0 Å². The Bertz CT molecular complexity index is 1020. The van der Waals surface area contributed by atoms with E-state index in [0.29, 0.717) is 12.8 Å². The van der Waals surface area contributed by atoms with Crippen LogP contribution in [0.15, 0.2) is 0 Å². The van der Waals surface area contributed by atoms with Crippen LogP contribution in [-0.4, -0.2) is 64.9 Å². The molecule has 0 bridgehead atoms. The van der Waals surface area contributed by atoms with Crippen LogP contribution in [0, 0.1) is 28.1 Å². The predicted molar refractivity (Wildman–Crippen MR) is 136 cm³/mol. The van der Waals surface area contributed by atoms with Gasteiger partial charge in [-0.1, -0.05) is 40.0 Å². The van der Waals surface area contributed by atoms with Crippen molar-refractivity contribution < 1.29 is 32.3 Å². The first-order valence-electron chi connectivity index (χ1n) is 13.6. The largest absolute Gasteiger partial charge is 0.471 e. The number of halogens is 3. The van der Waals surface area contributed by atoms with Gasteiger partial charge in [0.2, 0.25) is 17.7 Å². The minimum Gasteiger partial charge on any atom is -0.351 e. The third kappa shape index (κ3) is 7.22. The molecular weight excluding hydrogens is 515 g/mol. The molecule has 2 heterocycles. The van der Waals surface area contributed by atoms with Crippen LogP contribution < -0.4 is 16.0 Å². The zero-order valence-corrected chi connectivity index (χ0v) is 23.3. The number of carbonyl (C=O) groups excluding carboxylic acids is 4. The van der Waals surface area contributed by atoms with E-state index in [2.05, 4.69) is 10.6 Å². The number of nitriles is 1. The van der Waals surface area contributed by atoms with Crippen molar-refractivity contribution in [3.8, 4) is 6.07 Å². The Morgan fingerprint density at radius 3 is 2.21 bits per heavy atom. The zero-order valence-electron chi connectivity index (χ0n) is 23.3. The Kier molecular flexibility index (Phi) is 8.63. The van der Waals surface area contributed by atoms with Crippen molar-refractivity contribution >= 4 is 23.6 Å². The standard InChI is InChI=1S/C27H40F3N5O4/c1-24(2,3)19(33-23(39)27(28,29)30)22(38)35-15-26(9-7-6-8-10-26)13-18(35)21(37)32-17(14-31)11-16-12-25(4,5)34-20(16)36/h16-19H,6-13,15H2,1-5H3,(H,32,37)(H,33,39)(H,34,36)/t16-,17?,18?,19?/m1/s1. The summed E-state index contributed by atoms with van der Waals surface area (Å²) < 4.78 is 39.3. The molecule has 2 aliphatic heterocycles. The highest BCUT2D eigenvalue weighted by atomic mass is 19.4. The molecule has 9 nitrogen and oxygen atoms in total. The Balaban J connectivity index is 1.84. The lowest BCUT2D eigenvalue weighted by Crippen LogP contribution is -2.59. The smallest absolute Gasteiger partial charge is 0.351 e. The van der Waals surface area contributed by atoms with Gasteiger partial charge in [0.15, 0.2) is 0 Å². The fraction of sp³-hybridized carbons (Fsp3) is 0.815. The van der Waals surface area contributed by atoms with Crippen LogP contribution in [0.1, 0.15) is 86.0 Å². The first-order valence-corrected chi connectivity index (χ1v) is 13.6. The van der Waals surface area contributed by atoms with E-state index in [1.54, 1.807) is 20.8 Å². The number of alkyl halides is 3. The van der Waals surface area contributed by atoms with Gasteiger partial charge in [-0.05, 0) is 56.8 Å². The van der Waals surface area contributed by atoms with Crippen LogP contribution >= 0.6 is 0 Å². The minimum absolute atomic E-state index is 0.107. The lowest BCUT2D eigenvalue weighted by molar-refractivity contribution is -0.176. The molecule has 0 aromatic carbocycles. The van der Waals surface area contributed by atoms with Crippen molar-refractivity contribution in [2.45, 2.75) is 116 Å². The number of carbonyl (C=O) groups is 4. The molecule has 12 heteroatoms. The summed E-state index contributed by atoms with van der Waals surface area (Å²) in [6, 6.07) is -1.47. The third-order valence-electron chi connectivity index (χ3n) is 8.24. The fourth-order valence-electron chi connectivity index (χ4n) is 6.30. The first-order chi connectivity index (χ1) is 17.9. The maximum Gasteiger partial charge on any atom is 0.471 e. The molecule has 3 fully saturated rings. The molecule has 4 amide bonds. The summed E-state index contributed by atoms with van der Waals surface area (Å²) >= 11 is 0. The zero-order chi connectivity index (χ0) is 29.4. The predicted octanol–water partition coefficient (Wildman–Crippen LogP) is 2.94. The van der Waals surface area contributed by atoms with Crippen LogP contribution in [0.4, 0.5) is 13.2 Å². The van der Waals surface area contributed by atoms with E-state index in [9.17, 15) is 37.6 Å². The number of nitrogens with zero attached hydrogens (tertiary/aromatic N) is 2. The highest BCUT2D eigenvalue weighted by Gasteiger charge is 2.52. The molecule has 39 heavy (non-hydrogen) atoms. The van der Waals surface area contributed by atoms with Crippen molar-refractivity contribution in [3.63, 3.8) is 0 Å². The molecule has 3 rings (SSSR count). The fourth-order valence-corrected chi connectivity index (χ4v) is 6.30. The monoisotopic (exact) mass is 555 g/mol. The molecule has 3 N–H and O–H groups in total. The highest BCUT2D eigenvalue weighted by Crippen LogP contribution is 2.47. The van der Waals surface area contributed by atoms with Gasteiger partial charge in [-0.15, -0.1) is 0 Å². The molecule has 4 atom stereocenters. The number of likely N-dealkylation sites (tertiary alicyclic amines) is 1. The highest BCUT2D eigenvalue weighted by molar-refractivity contribution is 5.94. The Labute approximate surface area is 227 Å². The van der Waals surface area contributed by atoms with Crippen molar-refractivity contribution in [1.82, 2.24) is 20.9 Å². The van der Waals surface area contributed by atoms with Gasteiger partial charge in [0.05, 0.1) is 6.07 Å². The molecule has 1 spiro atoms. The normalized spacial score (nSPS) is 25.9. The molecule has 1 saturated carbocycles. The van der Waals surface area contributed by atoms with Gasteiger partial charge < -0.3 is 20.9 Å². The van der Waals surface area contributed by atoms with Crippen LogP contribution in [0.25, 0.3) is 0 Å². The van der Waals surface area contributed by atoms with Crippen LogP contribution in [0.5, 0.6) is 0 Å². The third-order valence-corrected chi connectivity index (χ3v) is 8.24.